The van der Waals surface area contributed by atoms with Crippen molar-refractivity contribution in [1.29, 1.82) is 0 Å². The molecule has 1 aliphatic rings. The first-order valence-corrected chi connectivity index (χ1v) is 9.30. The van der Waals surface area contributed by atoms with Crippen LogP contribution in [0.4, 0.5) is 13.2 Å². The number of aryl methyl sites for hydroxylation is 1. The first-order chi connectivity index (χ1) is 12.1. The molecule has 1 fully saturated rings. The maximum absolute atomic E-state index is 13.4. The zero-order valence-electron chi connectivity index (χ0n) is 14.7. The summed E-state index contributed by atoms with van der Waals surface area (Å²) in [6.45, 7) is 2.28. The highest BCUT2D eigenvalue weighted by molar-refractivity contribution is 5.63. The van der Waals surface area contributed by atoms with E-state index in [1.165, 1.54) is 44.1 Å². The van der Waals surface area contributed by atoms with Crippen molar-refractivity contribution in [1.82, 2.24) is 0 Å². The molecule has 0 heterocycles. The molecule has 0 unspecified atom stereocenters. The highest BCUT2D eigenvalue weighted by Gasteiger charge is 2.19. The van der Waals surface area contributed by atoms with Crippen LogP contribution in [0.25, 0.3) is 11.1 Å². The SMILES string of the molecule is CCC1CCC(CCc2ccc(-c3cc(F)c(F)c(F)c3)cc2)CC1. The Morgan fingerprint density at radius 2 is 1.36 bits per heavy atom. The summed E-state index contributed by atoms with van der Waals surface area (Å²) in [6, 6.07) is 9.81. The number of benzene rings is 2. The molecule has 2 aromatic carbocycles. The van der Waals surface area contributed by atoms with Gasteiger partial charge in [0.05, 0.1) is 0 Å². The van der Waals surface area contributed by atoms with Crippen molar-refractivity contribution in [3.05, 3.63) is 59.4 Å². The van der Waals surface area contributed by atoms with E-state index in [2.05, 4.69) is 6.92 Å². The van der Waals surface area contributed by atoms with Crippen LogP contribution in [0.1, 0.15) is 51.0 Å². The van der Waals surface area contributed by atoms with Crippen molar-refractivity contribution in [2.24, 2.45) is 11.8 Å². The van der Waals surface area contributed by atoms with Crippen molar-refractivity contribution in [3.8, 4) is 11.1 Å². The second-order valence-corrected chi connectivity index (χ2v) is 7.28. The molecule has 3 heteroatoms. The molecular weight excluding hydrogens is 321 g/mol. The lowest BCUT2D eigenvalue weighted by Gasteiger charge is -2.27. The maximum Gasteiger partial charge on any atom is 0.194 e. The van der Waals surface area contributed by atoms with Gasteiger partial charge in [-0.15, -0.1) is 0 Å². The van der Waals surface area contributed by atoms with Gasteiger partial charge in [-0.25, -0.2) is 13.2 Å². The van der Waals surface area contributed by atoms with E-state index in [4.69, 9.17) is 0 Å². The Morgan fingerprint density at radius 1 is 0.800 bits per heavy atom. The fourth-order valence-electron chi connectivity index (χ4n) is 3.89. The van der Waals surface area contributed by atoms with Crippen LogP contribution >= 0.6 is 0 Å². The molecule has 0 aliphatic heterocycles. The summed E-state index contributed by atoms with van der Waals surface area (Å²) in [7, 11) is 0. The quantitative estimate of drug-likeness (QED) is 0.515. The standard InChI is InChI=1S/C22H25F3/c1-2-15-3-5-16(6-4-15)7-8-17-9-11-18(12-10-17)19-13-20(23)22(25)21(24)14-19/h9-16H,2-8H2,1H3. The second-order valence-electron chi connectivity index (χ2n) is 7.28. The van der Waals surface area contributed by atoms with E-state index in [1.54, 1.807) is 0 Å². The van der Waals surface area contributed by atoms with Gasteiger partial charge in [0.15, 0.2) is 17.5 Å². The number of halogens is 3. The molecule has 3 rings (SSSR count). The minimum absolute atomic E-state index is 0.362. The van der Waals surface area contributed by atoms with Gasteiger partial charge in [-0.1, -0.05) is 63.3 Å². The summed E-state index contributed by atoms with van der Waals surface area (Å²) >= 11 is 0. The second kappa shape index (κ2) is 8.07. The summed E-state index contributed by atoms with van der Waals surface area (Å²) in [5, 5.41) is 0. The highest BCUT2D eigenvalue weighted by Crippen LogP contribution is 2.33. The Balaban J connectivity index is 1.59. The van der Waals surface area contributed by atoms with E-state index in [9.17, 15) is 13.2 Å². The summed E-state index contributed by atoms with van der Waals surface area (Å²) in [6.07, 6.45) is 8.95. The van der Waals surface area contributed by atoms with Crippen molar-refractivity contribution < 1.29 is 13.2 Å². The third kappa shape index (κ3) is 4.45. The van der Waals surface area contributed by atoms with Gasteiger partial charge in [-0.05, 0) is 53.5 Å². The van der Waals surface area contributed by atoms with Gasteiger partial charge in [-0.2, -0.15) is 0 Å². The van der Waals surface area contributed by atoms with Gasteiger partial charge >= 0.3 is 0 Å². The van der Waals surface area contributed by atoms with E-state index in [1.807, 2.05) is 24.3 Å². The fraction of sp³-hybridized carbons (Fsp3) is 0.455. The van der Waals surface area contributed by atoms with Crippen molar-refractivity contribution in [3.63, 3.8) is 0 Å². The number of hydrogen-bond donors (Lipinski definition) is 0. The normalized spacial score (nSPS) is 20.6. The molecule has 0 saturated heterocycles. The Hall–Kier alpha value is -1.77. The van der Waals surface area contributed by atoms with Crippen LogP contribution in [-0.2, 0) is 6.42 Å². The minimum Gasteiger partial charge on any atom is -0.204 e. The smallest absolute Gasteiger partial charge is 0.194 e. The largest absolute Gasteiger partial charge is 0.204 e. The molecule has 0 N–H and O–H groups in total. The lowest BCUT2D eigenvalue weighted by atomic mass is 9.78. The van der Waals surface area contributed by atoms with Crippen LogP contribution in [0.3, 0.4) is 0 Å². The summed E-state index contributed by atoms with van der Waals surface area (Å²) in [5.74, 6) is -1.98. The van der Waals surface area contributed by atoms with Gasteiger partial charge < -0.3 is 0 Å². The minimum atomic E-state index is -1.42. The summed E-state index contributed by atoms with van der Waals surface area (Å²) in [5.41, 5.74) is 2.30. The maximum atomic E-state index is 13.4. The lowest BCUT2D eigenvalue weighted by molar-refractivity contribution is 0.259. The predicted octanol–water partition coefficient (Wildman–Crippen LogP) is 6.92. The van der Waals surface area contributed by atoms with Gasteiger partial charge in [0.1, 0.15) is 0 Å². The van der Waals surface area contributed by atoms with E-state index < -0.39 is 17.5 Å². The molecule has 0 spiro atoms. The molecular formula is C22H25F3. The molecule has 1 saturated carbocycles. The van der Waals surface area contributed by atoms with Crippen LogP contribution in [0, 0.1) is 29.3 Å². The predicted molar refractivity (Wildman–Crippen MR) is 95.8 cm³/mol. The van der Waals surface area contributed by atoms with Crippen molar-refractivity contribution >= 4 is 0 Å². The number of rotatable bonds is 5. The van der Waals surface area contributed by atoms with Crippen LogP contribution in [0.5, 0.6) is 0 Å². The summed E-state index contributed by atoms with van der Waals surface area (Å²) < 4.78 is 39.8. The molecule has 0 amide bonds. The Bertz CT molecular complexity index is 675. The fourth-order valence-corrected chi connectivity index (χ4v) is 3.89. The first-order valence-electron chi connectivity index (χ1n) is 9.30. The van der Waals surface area contributed by atoms with Crippen LogP contribution in [0.2, 0.25) is 0 Å². The van der Waals surface area contributed by atoms with Crippen LogP contribution in [-0.4, -0.2) is 0 Å². The van der Waals surface area contributed by atoms with Gasteiger partial charge in [-0.3, -0.25) is 0 Å². The van der Waals surface area contributed by atoms with E-state index >= 15 is 0 Å². The average molecular weight is 346 g/mol. The van der Waals surface area contributed by atoms with E-state index in [0.29, 0.717) is 11.1 Å². The Kier molecular flexibility index (Phi) is 5.82. The van der Waals surface area contributed by atoms with Crippen molar-refractivity contribution in [2.45, 2.75) is 51.9 Å². The molecule has 0 bridgehead atoms. The van der Waals surface area contributed by atoms with Gasteiger partial charge in [0.2, 0.25) is 0 Å². The topological polar surface area (TPSA) is 0 Å². The molecule has 0 nitrogen and oxygen atoms in total. The highest BCUT2D eigenvalue weighted by atomic mass is 19.2. The third-order valence-corrected chi connectivity index (χ3v) is 5.66. The monoisotopic (exact) mass is 346 g/mol. The Labute approximate surface area is 148 Å². The van der Waals surface area contributed by atoms with Crippen molar-refractivity contribution in [2.75, 3.05) is 0 Å². The lowest BCUT2D eigenvalue weighted by Crippen LogP contribution is -2.14. The molecule has 0 aromatic heterocycles. The average Bonchev–Trinajstić information content (AvgIpc) is 2.65. The summed E-state index contributed by atoms with van der Waals surface area (Å²) in [4.78, 5) is 0. The zero-order valence-corrected chi connectivity index (χ0v) is 14.7. The molecule has 134 valence electrons. The van der Waals surface area contributed by atoms with Crippen LogP contribution < -0.4 is 0 Å². The number of hydrogen-bond acceptors (Lipinski definition) is 0. The third-order valence-electron chi connectivity index (χ3n) is 5.66. The molecule has 1 aliphatic carbocycles. The van der Waals surface area contributed by atoms with E-state index in [0.717, 1.165) is 30.4 Å². The van der Waals surface area contributed by atoms with Gasteiger partial charge in [0.25, 0.3) is 0 Å². The van der Waals surface area contributed by atoms with Crippen LogP contribution in [0.15, 0.2) is 36.4 Å². The molecule has 0 atom stereocenters. The first kappa shape index (κ1) is 18.0. The zero-order chi connectivity index (χ0) is 17.8. The van der Waals surface area contributed by atoms with Gasteiger partial charge in [0, 0.05) is 0 Å². The van der Waals surface area contributed by atoms with E-state index in [-0.39, 0.29) is 0 Å². The Morgan fingerprint density at radius 3 is 1.92 bits per heavy atom. The molecule has 2 aromatic rings. The molecule has 0 radical (unpaired) electrons. The molecule has 25 heavy (non-hydrogen) atoms.